The summed E-state index contributed by atoms with van der Waals surface area (Å²) in [6.07, 6.45) is -0.481. The molecule has 0 spiro atoms. The molecule has 0 saturated heterocycles. The van der Waals surface area contributed by atoms with Crippen molar-refractivity contribution in [2.45, 2.75) is 19.4 Å². The highest BCUT2D eigenvalue weighted by Crippen LogP contribution is 2.32. The second-order valence-electron chi connectivity index (χ2n) is 5.32. The lowest BCUT2D eigenvalue weighted by Crippen LogP contribution is -2.34. The fourth-order valence-corrected chi connectivity index (χ4v) is 2.32. The molecule has 1 atom stereocenters. The summed E-state index contributed by atoms with van der Waals surface area (Å²) in [7, 11) is 0. The lowest BCUT2D eigenvalue weighted by molar-refractivity contribution is -0.122. The fraction of sp³-hybridized carbons (Fsp3) is 0.176. The Kier molecular flexibility index (Phi) is 3.97. The van der Waals surface area contributed by atoms with Gasteiger partial charge in [0.05, 0.1) is 12.1 Å². The van der Waals surface area contributed by atoms with Gasteiger partial charge >= 0.3 is 0 Å². The number of rotatable bonds is 3. The lowest BCUT2D eigenvalue weighted by Gasteiger charge is -2.23. The molecule has 2 aromatic rings. The summed E-state index contributed by atoms with van der Waals surface area (Å²) < 4.78 is 18.6. The van der Waals surface area contributed by atoms with Gasteiger partial charge in [-0.15, -0.1) is 0 Å². The average molecular weight is 314 g/mol. The Hall–Kier alpha value is -2.89. The van der Waals surface area contributed by atoms with E-state index in [4.69, 9.17) is 4.74 Å². The summed E-state index contributed by atoms with van der Waals surface area (Å²) >= 11 is 0. The van der Waals surface area contributed by atoms with Gasteiger partial charge in [-0.05, 0) is 42.8 Å². The van der Waals surface area contributed by atoms with Gasteiger partial charge in [-0.1, -0.05) is 12.1 Å². The predicted molar refractivity (Wildman–Crippen MR) is 83.9 cm³/mol. The average Bonchev–Trinajstić information content (AvgIpc) is 2.48. The Balaban J connectivity index is 1.70. The Morgan fingerprint density at radius 1 is 1.30 bits per heavy atom. The fourth-order valence-electron chi connectivity index (χ4n) is 2.32. The van der Waals surface area contributed by atoms with Crippen molar-refractivity contribution in [3.63, 3.8) is 0 Å². The van der Waals surface area contributed by atoms with E-state index in [9.17, 15) is 14.0 Å². The first-order chi connectivity index (χ1) is 11.0. The molecule has 3 rings (SSSR count). The molecule has 2 aromatic carbocycles. The molecule has 0 saturated carbocycles. The monoisotopic (exact) mass is 314 g/mol. The Morgan fingerprint density at radius 2 is 2.13 bits per heavy atom. The molecule has 0 aliphatic carbocycles. The lowest BCUT2D eigenvalue weighted by atomic mass is 10.1. The quantitative estimate of drug-likeness (QED) is 0.915. The van der Waals surface area contributed by atoms with E-state index in [-0.39, 0.29) is 24.1 Å². The van der Waals surface area contributed by atoms with Crippen LogP contribution in [0.4, 0.5) is 15.8 Å². The first-order valence-electron chi connectivity index (χ1n) is 7.17. The number of carbonyl (C=O) groups excluding carboxylic acids is 2. The minimum atomic E-state index is -0.545. The van der Waals surface area contributed by atoms with Gasteiger partial charge in [0.1, 0.15) is 11.6 Å². The number of amides is 2. The molecule has 0 unspecified atom stereocenters. The molecule has 0 aromatic heterocycles. The highest BCUT2D eigenvalue weighted by Gasteiger charge is 2.23. The van der Waals surface area contributed by atoms with Crippen LogP contribution in [0.25, 0.3) is 0 Å². The van der Waals surface area contributed by atoms with Crippen molar-refractivity contribution >= 4 is 23.2 Å². The van der Waals surface area contributed by atoms with Crippen LogP contribution < -0.4 is 15.4 Å². The van der Waals surface area contributed by atoms with Crippen molar-refractivity contribution in [1.29, 1.82) is 0 Å². The number of ether oxygens (including phenoxy) is 1. The van der Waals surface area contributed by atoms with Crippen LogP contribution in [0, 0.1) is 5.82 Å². The van der Waals surface area contributed by atoms with E-state index < -0.39 is 6.10 Å². The van der Waals surface area contributed by atoms with Gasteiger partial charge < -0.3 is 15.4 Å². The van der Waals surface area contributed by atoms with E-state index in [1.165, 1.54) is 12.1 Å². The standard InChI is InChI=1S/C17H15FN2O3/c1-10-17(22)20-14-9-13(5-6-15(14)23-10)19-16(21)8-11-3-2-4-12(18)7-11/h2-7,9-10H,8H2,1H3,(H,19,21)(H,20,22)/t10-/m0/s1. The zero-order chi connectivity index (χ0) is 16.4. The van der Waals surface area contributed by atoms with Gasteiger partial charge in [-0.2, -0.15) is 0 Å². The molecule has 0 fully saturated rings. The topological polar surface area (TPSA) is 67.4 Å². The Labute approximate surface area is 132 Å². The molecular weight excluding hydrogens is 299 g/mol. The van der Waals surface area contributed by atoms with Crippen molar-refractivity contribution in [2.24, 2.45) is 0 Å². The van der Waals surface area contributed by atoms with E-state index in [1.807, 2.05) is 0 Å². The Bertz CT molecular complexity index is 776. The Morgan fingerprint density at radius 3 is 2.91 bits per heavy atom. The van der Waals surface area contributed by atoms with E-state index in [0.717, 1.165) is 0 Å². The van der Waals surface area contributed by atoms with Crippen LogP contribution in [-0.2, 0) is 16.0 Å². The van der Waals surface area contributed by atoms with Crippen LogP contribution in [0.15, 0.2) is 42.5 Å². The normalized spacial score (nSPS) is 16.1. The number of carbonyl (C=O) groups is 2. The van der Waals surface area contributed by atoms with Gasteiger partial charge in [0.15, 0.2) is 6.10 Å². The summed E-state index contributed by atoms with van der Waals surface area (Å²) in [5, 5.41) is 5.43. The SMILES string of the molecule is C[C@@H]1Oc2ccc(NC(=O)Cc3cccc(F)c3)cc2NC1=O. The predicted octanol–water partition coefficient (Wildman–Crippen LogP) is 2.73. The smallest absolute Gasteiger partial charge is 0.265 e. The van der Waals surface area contributed by atoms with Crippen LogP contribution in [0.2, 0.25) is 0 Å². The molecular formula is C17H15FN2O3. The van der Waals surface area contributed by atoms with Gasteiger partial charge in [-0.3, -0.25) is 9.59 Å². The van der Waals surface area contributed by atoms with Crippen LogP contribution >= 0.6 is 0 Å². The first-order valence-corrected chi connectivity index (χ1v) is 7.17. The van der Waals surface area contributed by atoms with Crippen molar-refractivity contribution in [3.05, 3.63) is 53.8 Å². The number of halogens is 1. The van der Waals surface area contributed by atoms with Crippen LogP contribution in [-0.4, -0.2) is 17.9 Å². The second kappa shape index (κ2) is 6.08. The summed E-state index contributed by atoms with van der Waals surface area (Å²) in [5.41, 5.74) is 1.63. The second-order valence-corrected chi connectivity index (χ2v) is 5.32. The van der Waals surface area contributed by atoms with E-state index >= 15 is 0 Å². The number of hydrogen-bond acceptors (Lipinski definition) is 3. The van der Waals surface area contributed by atoms with Gasteiger partial charge in [0.2, 0.25) is 5.91 Å². The number of fused-ring (bicyclic) bond motifs is 1. The number of benzene rings is 2. The van der Waals surface area contributed by atoms with Crippen molar-refractivity contribution in [2.75, 3.05) is 10.6 Å². The summed E-state index contributed by atoms with van der Waals surface area (Å²) in [6.45, 7) is 1.66. The van der Waals surface area contributed by atoms with E-state index in [2.05, 4.69) is 10.6 Å². The summed E-state index contributed by atoms with van der Waals surface area (Å²) in [4.78, 5) is 23.6. The number of hydrogen-bond donors (Lipinski definition) is 2. The zero-order valence-corrected chi connectivity index (χ0v) is 12.4. The van der Waals surface area contributed by atoms with Gasteiger partial charge in [0, 0.05) is 5.69 Å². The van der Waals surface area contributed by atoms with Crippen LogP contribution in [0.3, 0.4) is 0 Å². The largest absolute Gasteiger partial charge is 0.479 e. The van der Waals surface area contributed by atoms with Gasteiger partial charge in [-0.25, -0.2) is 4.39 Å². The molecule has 6 heteroatoms. The summed E-state index contributed by atoms with van der Waals surface area (Å²) in [6, 6.07) is 10.9. The van der Waals surface area contributed by atoms with Crippen LogP contribution in [0.1, 0.15) is 12.5 Å². The molecule has 2 amide bonds. The van der Waals surface area contributed by atoms with E-state index in [0.29, 0.717) is 22.7 Å². The van der Waals surface area contributed by atoms with Crippen molar-refractivity contribution < 1.29 is 18.7 Å². The molecule has 0 bridgehead atoms. The number of nitrogens with one attached hydrogen (secondary N) is 2. The number of anilines is 2. The minimum absolute atomic E-state index is 0.0642. The van der Waals surface area contributed by atoms with E-state index in [1.54, 1.807) is 37.3 Å². The van der Waals surface area contributed by atoms with Gasteiger partial charge in [0.25, 0.3) is 5.91 Å². The zero-order valence-electron chi connectivity index (χ0n) is 12.4. The highest BCUT2D eigenvalue weighted by atomic mass is 19.1. The maximum absolute atomic E-state index is 13.1. The third-order valence-electron chi connectivity index (χ3n) is 3.45. The molecule has 118 valence electrons. The highest BCUT2D eigenvalue weighted by molar-refractivity contribution is 5.99. The third kappa shape index (κ3) is 3.48. The van der Waals surface area contributed by atoms with Crippen molar-refractivity contribution in [1.82, 2.24) is 0 Å². The minimum Gasteiger partial charge on any atom is -0.479 e. The molecule has 23 heavy (non-hydrogen) atoms. The third-order valence-corrected chi connectivity index (χ3v) is 3.45. The molecule has 0 radical (unpaired) electrons. The molecule has 1 aliphatic heterocycles. The maximum atomic E-state index is 13.1. The first kappa shape index (κ1) is 15.0. The molecule has 2 N–H and O–H groups in total. The van der Waals surface area contributed by atoms with Crippen molar-refractivity contribution in [3.8, 4) is 5.75 Å². The maximum Gasteiger partial charge on any atom is 0.265 e. The summed E-state index contributed by atoms with van der Waals surface area (Å²) in [5.74, 6) is -0.328. The molecule has 1 heterocycles. The van der Waals surface area contributed by atoms with Crippen LogP contribution in [0.5, 0.6) is 5.75 Å². The molecule has 5 nitrogen and oxygen atoms in total. The molecule has 1 aliphatic rings.